The molecule has 0 aliphatic heterocycles. The third kappa shape index (κ3) is 3.81. The fourth-order valence-corrected chi connectivity index (χ4v) is 2.64. The molecule has 1 fully saturated rings. The van der Waals surface area contributed by atoms with Crippen LogP contribution in [-0.2, 0) is 6.54 Å². The van der Waals surface area contributed by atoms with Gasteiger partial charge in [-0.3, -0.25) is 4.98 Å². The van der Waals surface area contributed by atoms with Gasteiger partial charge in [0.2, 0.25) is 0 Å². The number of aryl methyl sites for hydroxylation is 2. The summed E-state index contributed by atoms with van der Waals surface area (Å²) < 4.78 is 0. The topological polar surface area (TPSA) is 24.9 Å². The van der Waals surface area contributed by atoms with Gasteiger partial charge in [0.15, 0.2) is 0 Å². The molecule has 1 aromatic heterocycles. The van der Waals surface area contributed by atoms with E-state index in [1.54, 1.807) is 0 Å². The van der Waals surface area contributed by atoms with Gasteiger partial charge in [0, 0.05) is 24.0 Å². The average molecular weight is 232 g/mol. The van der Waals surface area contributed by atoms with Gasteiger partial charge in [0.1, 0.15) is 0 Å². The predicted molar refractivity (Wildman–Crippen MR) is 72.0 cm³/mol. The zero-order chi connectivity index (χ0) is 12.1. The molecule has 0 spiro atoms. The van der Waals surface area contributed by atoms with Crippen molar-refractivity contribution in [2.75, 3.05) is 0 Å². The van der Waals surface area contributed by atoms with Crippen LogP contribution in [-0.4, -0.2) is 11.0 Å². The maximum atomic E-state index is 4.52. The molecule has 1 aliphatic rings. The molecule has 0 amide bonds. The Morgan fingerprint density at radius 2 is 1.82 bits per heavy atom. The number of hydrogen-bond acceptors (Lipinski definition) is 2. The van der Waals surface area contributed by atoms with Gasteiger partial charge in [0.05, 0.1) is 0 Å². The Hall–Kier alpha value is -0.890. The molecule has 1 saturated carbocycles. The third-order valence-electron chi connectivity index (χ3n) is 3.77. The summed E-state index contributed by atoms with van der Waals surface area (Å²) in [4.78, 5) is 4.52. The molecule has 0 saturated heterocycles. The number of hydrogen-bond donors (Lipinski definition) is 1. The number of rotatable bonds is 3. The summed E-state index contributed by atoms with van der Waals surface area (Å²) in [5, 5.41) is 3.70. The Balaban J connectivity index is 1.88. The van der Waals surface area contributed by atoms with Crippen LogP contribution in [0.4, 0.5) is 0 Å². The Morgan fingerprint density at radius 1 is 1.12 bits per heavy atom. The van der Waals surface area contributed by atoms with E-state index in [1.807, 2.05) is 0 Å². The number of nitrogens with one attached hydrogen (secondary N) is 1. The van der Waals surface area contributed by atoms with Crippen molar-refractivity contribution in [3.05, 3.63) is 29.1 Å². The second kappa shape index (κ2) is 6.15. The lowest BCUT2D eigenvalue weighted by Gasteiger charge is -2.17. The molecule has 2 heteroatoms. The summed E-state index contributed by atoms with van der Waals surface area (Å²) >= 11 is 0. The Labute approximate surface area is 105 Å². The summed E-state index contributed by atoms with van der Waals surface area (Å²) in [5.41, 5.74) is 3.63. The first-order valence-corrected chi connectivity index (χ1v) is 6.92. The fraction of sp³-hybridized carbons (Fsp3) is 0.667. The molecule has 1 N–H and O–H groups in total. The minimum atomic E-state index is 0.721. The van der Waals surface area contributed by atoms with Crippen LogP contribution in [0.15, 0.2) is 12.1 Å². The average Bonchev–Trinajstić information content (AvgIpc) is 2.56. The van der Waals surface area contributed by atoms with E-state index in [1.165, 1.54) is 49.8 Å². The summed E-state index contributed by atoms with van der Waals surface area (Å²) in [5.74, 6) is 0. The standard InChI is InChI=1S/C15H24N2/c1-12-9-10-14(13(2)17-12)11-16-15-7-5-3-4-6-8-15/h9-10,15-16H,3-8,11H2,1-2H3. The Morgan fingerprint density at radius 3 is 2.47 bits per heavy atom. The van der Waals surface area contributed by atoms with Gasteiger partial charge in [-0.2, -0.15) is 0 Å². The second-order valence-corrected chi connectivity index (χ2v) is 5.27. The van der Waals surface area contributed by atoms with Gasteiger partial charge in [-0.1, -0.05) is 31.7 Å². The first-order chi connectivity index (χ1) is 8.25. The van der Waals surface area contributed by atoms with E-state index in [0.717, 1.165) is 18.3 Å². The van der Waals surface area contributed by atoms with E-state index >= 15 is 0 Å². The molecular weight excluding hydrogens is 208 g/mol. The van der Waals surface area contributed by atoms with E-state index < -0.39 is 0 Å². The Kier molecular flexibility index (Phi) is 4.55. The lowest BCUT2D eigenvalue weighted by Crippen LogP contribution is -2.28. The number of pyridine rings is 1. The zero-order valence-electron chi connectivity index (χ0n) is 11.1. The minimum absolute atomic E-state index is 0.721. The van der Waals surface area contributed by atoms with E-state index in [9.17, 15) is 0 Å². The summed E-state index contributed by atoms with van der Waals surface area (Å²) in [6, 6.07) is 5.04. The lowest BCUT2D eigenvalue weighted by molar-refractivity contribution is 0.458. The van der Waals surface area contributed by atoms with Gasteiger partial charge < -0.3 is 5.32 Å². The van der Waals surface area contributed by atoms with Crippen molar-refractivity contribution in [1.29, 1.82) is 0 Å². The highest BCUT2D eigenvalue weighted by Crippen LogP contribution is 2.18. The van der Waals surface area contributed by atoms with Crippen LogP contribution in [0.2, 0.25) is 0 Å². The van der Waals surface area contributed by atoms with Crippen LogP contribution in [0.25, 0.3) is 0 Å². The maximum absolute atomic E-state index is 4.52. The highest BCUT2D eigenvalue weighted by molar-refractivity contribution is 5.21. The number of aromatic nitrogens is 1. The van der Waals surface area contributed by atoms with E-state index in [-0.39, 0.29) is 0 Å². The summed E-state index contributed by atoms with van der Waals surface area (Å²) in [7, 11) is 0. The molecular formula is C15H24N2. The molecule has 94 valence electrons. The molecule has 1 aliphatic carbocycles. The Bertz CT molecular complexity index is 352. The van der Waals surface area contributed by atoms with Crippen molar-refractivity contribution in [2.24, 2.45) is 0 Å². The van der Waals surface area contributed by atoms with Gasteiger partial charge >= 0.3 is 0 Å². The van der Waals surface area contributed by atoms with Crippen molar-refractivity contribution in [2.45, 2.75) is 65.0 Å². The second-order valence-electron chi connectivity index (χ2n) is 5.27. The van der Waals surface area contributed by atoms with Crippen molar-refractivity contribution in [3.8, 4) is 0 Å². The quantitative estimate of drug-likeness (QED) is 0.807. The number of nitrogens with zero attached hydrogens (tertiary/aromatic N) is 1. The molecule has 1 aromatic rings. The van der Waals surface area contributed by atoms with Crippen LogP contribution in [0.3, 0.4) is 0 Å². The zero-order valence-corrected chi connectivity index (χ0v) is 11.1. The molecule has 0 aromatic carbocycles. The van der Waals surface area contributed by atoms with Gasteiger partial charge in [-0.25, -0.2) is 0 Å². The first-order valence-electron chi connectivity index (χ1n) is 6.92. The molecule has 2 rings (SSSR count). The van der Waals surface area contributed by atoms with Crippen LogP contribution < -0.4 is 5.32 Å². The van der Waals surface area contributed by atoms with Crippen LogP contribution >= 0.6 is 0 Å². The third-order valence-corrected chi connectivity index (χ3v) is 3.77. The highest BCUT2D eigenvalue weighted by Gasteiger charge is 2.11. The van der Waals surface area contributed by atoms with Crippen molar-refractivity contribution >= 4 is 0 Å². The molecule has 0 atom stereocenters. The molecule has 0 unspecified atom stereocenters. The summed E-state index contributed by atoms with van der Waals surface area (Å²) in [6.45, 7) is 5.14. The lowest BCUT2D eigenvalue weighted by atomic mass is 10.1. The van der Waals surface area contributed by atoms with Crippen molar-refractivity contribution < 1.29 is 0 Å². The van der Waals surface area contributed by atoms with Crippen LogP contribution in [0.5, 0.6) is 0 Å². The predicted octanol–water partition coefficient (Wildman–Crippen LogP) is 3.51. The van der Waals surface area contributed by atoms with Crippen molar-refractivity contribution in [3.63, 3.8) is 0 Å². The highest BCUT2D eigenvalue weighted by atomic mass is 14.9. The van der Waals surface area contributed by atoms with Gasteiger partial charge in [0.25, 0.3) is 0 Å². The molecule has 2 nitrogen and oxygen atoms in total. The van der Waals surface area contributed by atoms with Gasteiger partial charge in [-0.15, -0.1) is 0 Å². The molecule has 0 bridgehead atoms. The largest absolute Gasteiger partial charge is 0.310 e. The SMILES string of the molecule is Cc1ccc(CNC2CCCCCC2)c(C)n1. The normalized spacial score (nSPS) is 18.0. The van der Waals surface area contributed by atoms with Gasteiger partial charge in [-0.05, 0) is 38.3 Å². The molecule has 1 heterocycles. The first kappa shape index (κ1) is 12.6. The molecule has 0 radical (unpaired) electrons. The minimum Gasteiger partial charge on any atom is -0.310 e. The maximum Gasteiger partial charge on any atom is 0.0420 e. The van der Waals surface area contributed by atoms with E-state index in [2.05, 4.69) is 36.3 Å². The van der Waals surface area contributed by atoms with Crippen molar-refractivity contribution in [1.82, 2.24) is 10.3 Å². The fourth-order valence-electron chi connectivity index (χ4n) is 2.64. The van der Waals surface area contributed by atoms with Crippen LogP contribution in [0, 0.1) is 13.8 Å². The van der Waals surface area contributed by atoms with E-state index in [0.29, 0.717) is 0 Å². The molecule has 17 heavy (non-hydrogen) atoms. The van der Waals surface area contributed by atoms with E-state index in [4.69, 9.17) is 0 Å². The summed E-state index contributed by atoms with van der Waals surface area (Å²) in [6.07, 6.45) is 8.31. The monoisotopic (exact) mass is 232 g/mol. The smallest absolute Gasteiger partial charge is 0.0420 e. The van der Waals surface area contributed by atoms with Crippen LogP contribution in [0.1, 0.15) is 55.5 Å².